The Morgan fingerprint density at radius 1 is 1.07 bits per heavy atom. The molecular formula is C23H37N5O. The molecule has 2 aliphatic heterocycles. The average molecular weight is 400 g/mol. The molecule has 6 heteroatoms. The molecule has 0 amide bonds. The van der Waals surface area contributed by atoms with Crippen LogP contribution in [-0.4, -0.2) is 72.8 Å². The predicted molar refractivity (Wildman–Crippen MR) is 120 cm³/mol. The van der Waals surface area contributed by atoms with E-state index in [0.29, 0.717) is 6.04 Å². The van der Waals surface area contributed by atoms with Crippen molar-refractivity contribution in [3.63, 3.8) is 0 Å². The van der Waals surface area contributed by atoms with Crippen LogP contribution in [0.15, 0.2) is 41.9 Å². The van der Waals surface area contributed by atoms with E-state index in [1.165, 1.54) is 11.1 Å². The molecule has 0 bridgehead atoms. The van der Waals surface area contributed by atoms with E-state index in [1.807, 2.05) is 13.1 Å². The Balaban J connectivity index is 1.40. The Morgan fingerprint density at radius 2 is 1.69 bits per heavy atom. The van der Waals surface area contributed by atoms with Crippen molar-refractivity contribution in [3.8, 4) is 0 Å². The highest BCUT2D eigenvalue weighted by Crippen LogP contribution is 2.14. The highest BCUT2D eigenvalue weighted by molar-refractivity contribution is 5.79. The van der Waals surface area contributed by atoms with Gasteiger partial charge < -0.3 is 15.7 Å². The minimum absolute atomic E-state index is 0.109. The van der Waals surface area contributed by atoms with Crippen molar-refractivity contribution in [3.05, 3.63) is 48.0 Å². The first kappa shape index (κ1) is 21.8. The Kier molecular flexibility index (Phi) is 8.52. The van der Waals surface area contributed by atoms with Crippen molar-refractivity contribution in [2.45, 2.75) is 50.9 Å². The normalized spacial score (nSPS) is 20.6. The van der Waals surface area contributed by atoms with Crippen molar-refractivity contribution >= 4 is 5.96 Å². The highest BCUT2D eigenvalue weighted by atomic mass is 16.3. The summed E-state index contributed by atoms with van der Waals surface area (Å²) in [6.45, 7) is 10.7. The highest BCUT2D eigenvalue weighted by Gasteiger charge is 2.19. The fourth-order valence-electron chi connectivity index (χ4n) is 4.11. The van der Waals surface area contributed by atoms with Gasteiger partial charge in [0.25, 0.3) is 0 Å². The molecule has 0 aliphatic carbocycles. The predicted octanol–water partition coefficient (Wildman–Crippen LogP) is 1.96. The molecular weight excluding hydrogens is 362 g/mol. The van der Waals surface area contributed by atoms with Crippen LogP contribution in [0.4, 0.5) is 0 Å². The number of rotatable bonds is 7. The van der Waals surface area contributed by atoms with Crippen LogP contribution in [0.1, 0.15) is 36.8 Å². The van der Waals surface area contributed by atoms with Crippen LogP contribution < -0.4 is 10.6 Å². The lowest BCUT2D eigenvalue weighted by atomic mass is 10.1. The zero-order chi connectivity index (χ0) is 20.5. The SMILES string of the molecule is C=CCN1CCC(NC(=NC)NCc2ccc(CN3CCC(O)CC3)cc2)CC1. The molecule has 0 unspecified atom stereocenters. The molecule has 2 aliphatic rings. The summed E-state index contributed by atoms with van der Waals surface area (Å²) < 4.78 is 0. The Morgan fingerprint density at radius 3 is 2.31 bits per heavy atom. The molecule has 3 rings (SSSR count). The number of piperidine rings is 2. The average Bonchev–Trinajstić information content (AvgIpc) is 2.75. The lowest BCUT2D eigenvalue weighted by molar-refractivity contribution is 0.0792. The van der Waals surface area contributed by atoms with Crippen LogP contribution in [0.3, 0.4) is 0 Å². The van der Waals surface area contributed by atoms with E-state index in [9.17, 15) is 5.11 Å². The second kappa shape index (κ2) is 11.3. The summed E-state index contributed by atoms with van der Waals surface area (Å²) in [5.41, 5.74) is 2.59. The van der Waals surface area contributed by atoms with Gasteiger partial charge in [-0.25, -0.2) is 0 Å². The summed E-state index contributed by atoms with van der Waals surface area (Å²) in [5.74, 6) is 0.878. The monoisotopic (exact) mass is 399 g/mol. The molecule has 3 N–H and O–H groups in total. The molecule has 6 nitrogen and oxygen atoms in total. The molecule has 29 heavy (non-hydrogen) atoms. The smallest absolute Gasteiger partial charge is 0.191 e. The molecule has 0 spiro atoms. The van der Waals surface area contributed by atoms with E-state index in [2.05, 4.69) is 56.3 Å². The number of guanidine groups is 1. The maximum absolute atomic E-state index is 9.64. The van der Waals surface area contributed by atoms with Crippen molar-refractivity contribution in [2.75, 3.05) is 39.8 Å². The first-order chi connectivity index (χ1) is 14.2. The van der Waals surface area contributed by atoms with Crippen molar-refractivity contribution in [1.29, 1.82) is 0 Å². The number of nitrogens with zero attached hydrogens (tertiary/aromatic N) is 3. The summed E-state index contributed by atoms with van der Waals surface area (Å²) in [5, 5.41) is 16.6. The van der Waals surface area contributed by atoms with Crippen LogP contribution in [0.2, 0.25) is 0 Å². The molecule has 0 atom stereocenters. The number of likely N-dealkylation sites (tertiary alicyclic amines) is 2. The van der Waals surface area contributed by atoms with Gasteiger partial charge in [-0.1, -0.05) is 30.3 Å². The third-order valence-corrected chi connectivity index (χ3v) is 5.99. The number of aliphatic hydroxyl groups excluding tert-OH is 1. The zero-order valence-corrected chi connectivity index (χ0v) is 17.8. The van der Waals surface area contributed by atoms with Crippen molar-refractivity contribution in [1.82, 2.24) is 20.4 Å². The Bertz CT molecular complexity index is 644. The summed E-state index contributed by atoms with van der Waals surface area (Å²) in [7, 11) is 1.83. The number of aliphatic imine (C=N–C) groups is 1. The summed E-state index contributed by atoms with van der Waals surface area (Å²) in [6.07, 6.45) is 5.93. The number of hydrogen-bond acceptors (Lipinski definition) is 4. The molecule has 2 fully saturated rings. The summed E-state index contributed by atoms with van der Waals surface area (Å²) in [6, 6.07) is 9.30. The third-order valence-electron chi connectivity index (χ3n) is 5.99. The Hall–Kier alpha value is -1.89. The minimum atomic E-state index is -0.109. The zero-order valence-electron chi connectivity index (χ0n) is 17.8. The van der Waals surface area contributed by atoms with Crippen LogP contribution in [0, 0.1) is 0 Å². The van der Waals surface area contributed by atoms with Gasteiger partial charge in [-0.05, 0) is 36.8 Å². The first-order valence-corrected chi connectivity index (χ1v) is 10.9. The second-order valence-corrected chi connectivity index (χ2v) is 8.26. The van der Waals surface area contributed by atoms with E-state index >= 15 is 0 Å². The molecule has 0 radical (unpaired) electrons. The van der Waals surface area contributed by atoms with Gasteiger partial charge in [0.1, 0.15) is 0 Å². The molecule has 1 aromatic carbocycles. The topological polar surface area (TPSA) is 63.1 Å². The minimum Gasteiger partial charge on any atom is -0.393 e. The van der Waals surface area contributed by atoms with Crippen molar-refractivity contribution in [2.24, 2.45) is 4.99 Å². The van der Waals surface area contributed by atoms with Gasteiger partial charge in [-0.15, -0.1) is 6.58 Å². The largest absolute Gasteiger partial charge is 0.393 e. The van der Waals surface area contributed by atoms with Crippen molar-refractivity contribution < 1.29 is 5.11 Å². The van der Waals surface area contributed by atoms with Gasteiger partial charge in [0.15, 0.2) is 5.96 Å². The van der Waals surface area contributed by atoms with E-state index in [4.69, 9.17) is 0 Å². The quantitative estimate of drug-likeness (QED) is 0.372. The number of nitrogens with one attached hydrogen (secondary N) is 2. The summed E-state index contributed by atoms with van der Waals surface area (Å²) >= 11 is 0. The lowest BCUT2D eigenvalue weighted by Gasteiger charge is -2.32. The number of hydrogen-bond donors (Lipinski definition) is 3. The summed E-state index contributed by atoms with van der Waals surface area (Å²) in [4.78, 5) is 9.25. The molecule has 160 valence electrons. The third kappa shape index (κ3) is 7.14. The lowest BCUT2D eigenvalue weighted by Crippen LogP contribution is -2.48. The fourth-order valence-corrected chi connectivity index (χ4v) is 4.11. The van der Waals surface area contributed by atoms with Crippen LogP contribution in [0.25, 0.3) is 0 Å². The van der Waals surface area contributed by atoms with Gasteiger partial charge in [0.2, 0.25) is 0 Å². The van der Waals surface area contributed by atoms with E-state index in [1.54, 1.807) is 0 Å². The Labute approximate surface area is 175 Å². The molecule has 2 heterocycles. The van der Waals surface area contributed by atoms with Crippen LogP contribution >= 0.6 is 0 Å². The molecule has 0 aromatic heterocycles. The van der Waals surface area contributed by atoms with E-state index < -0.39 is 0 Å². The standard InChI is InChI=1S/C23H37N5O/c1-3-12-27-13-8-21(9-14-27)26-23(24-2)25-17-19-4-6-20(7-5-19)18-28-15-10-22(29)11-16-28/h3-7,21-22,29H,1,8-18H2,2H3,(H2,24,25,26). The van der Waals surface area contributed by atoms with Gasteiger partial charge in [0, 0.05) is 58.9 Å². The van der Waals surface area contributed by atoms with Gasteiger partial charge in [-0.2, -0.15) is 0 Å². The molecule has 0 saturated carbocycles. The van der Waals surface area contributed by atoms with Crippen LogP contribution in [-0.2, 0) is 13.1 Å². The van der Waals surface area contributed by atoms with Gasteiger partial charge in [-0.3, -0.25) is 14.8 Å². The second-order valence-electron chi connectivity index (χ2n) is 8.26. The first-order valence-electron chi connectivity index (χ1n) is 10.9. The molecule has 2 saturated heterocycles. The maximum Gasteiger partial charge on any atom is 0.191 e. The van der Waals surface area contributed by atoms with E-state index in [0.717, 1.165) is 77.5 Å². The number of benzene rings is 1. The van der Waals surface area contributed by atoms with E-state index in [-0.39, 0.29) is 6.10 Å². The van der Waals surface area contributed by atoms with Gasteiger partial charge in [0.05, 0.1) is 6.10 Å². The van der Waals surface area contributed by atoms with Gasteiger partial charge >= 0.3 is 0 Å². The number of aliphatic hydroxyl groups is 1. The van der Waals surface area contributed by atoms with Crippen LogP contribution in [0.5, 0.6) is 0 Å². The fraction of sp³-hybridized carbons (Fsp3) is 0.609. The maximum atomic E-state index is 9.64. The molecule has 1 aromatic rings.